The van der Waals surface area contributed by atoms with E-state index in [0.717, 1.165) is 21.6 Å². The fourth-order valence-electron chi connectivity index (χ4n) is 1.31. The smallest absolute Gasteiger partial charge is 0.213 e. The van der Waals surface area contributed by atoms with Crippen LogP contribution in [-0.4, -0.2) is 9.97 Å². The van der Waals surface area contributed by atoms with Crippen LogP contribution in [0.5, 0.6) is 0 Å². The van der Waals surface area contributed by atoms with E-state index in [2.05, 4.69) is 31.2 Å². The van der Waals surface area contributed by atoms with Crippen LogP contribution in [0, 0.1) is 13.8 Å². The van der Waals surface area contributed by atoms with Gasteiger partial charge in [-0.05, 0) is 41.4 Å². The minimum absolute atomic E-state index is 0.531. The molecule has 0 atom stereocenters. The molecule has 0 amide bonds. The first kappa shape index (κ1) is 11.1. The van der Waals surface area contributed by atoms with Crippen molar-refractivity contribution in [2.75, 3.05) is 5.32 Å². The van der Waals surface area contributed by atoms with Crippen molar-refractivity contribution < 1.29 is 4.42 Å². The zero-order valence-electron chi connectivity index (χ0n) is 9.12. The van der Waals surface area contributed by atoms with Crippen molar-refractivity contribution in [1.82, 2.24) is 9.97 Å². The standard InChI is InChI=1S/C11H12BrN3O/c1-7-3-4-13-11(10(7)12)15-6-9-14-5-8(2)16-9/h3-5H,6H2,1-2H3,(H,13,15). The lowest BCUT2D eigenvalue weighted by Gasteiger charge is -2.06. The van der Waals surface area contributed by atoms with Gasteiger partial charge in [0.25, 0.3) is 0 Å². The van der Waals surface area contributed by atoms with Crippen LogP contribution in [0.15, 0.2) is 27.3 Å². The number of rotatable bonds is 3. The van der Waals surface area contributed by atoms with Gasteiger partial charge in [0.15, 0.2) is 0 Å². The molecule has 0 saturated carbocycles. The van der Waals surface area contributed by atoms with Gasteiger partial charge in [0, 0.05) is 6.20 Å². The molecule has 0 spiro atoms. The maximum Gasteiger partial charge on any atom is 0.213 e. The molecule has 0 saturated heterocycles. The number of anilines is 1. The lowest BCUT2D eigenvalue weighted by atomic mass is 10.3. The van der Waals surface area contributed by atoms with Gasteiger partial charge < -0.3 is 9.73 Å². The predicted molar refractivity (Wildman–Crippen MR) is 65.2 cm³/mol. The summed E-state index contributed by atoms with van der Waals surface area (Å²) in [7, 11) is 0. The number of aromatic nitrogens is 2. The number of nitrogens with zero attached hydrogens (tertiary/aromatic N) is 2. The number of aryl methyl sites for hydroxylation is 2. The molecule has 4 nitrogen and oxygen atoms in total. The molecule has 0 aromatic carbocycles. The van der Waals surface area contributed by atoms with Crippen LogP contribution in [0.3, 0.4) is 0 Å². The molecule has 0 aliphatic heterocycles. The zero-order chi connectivity index (χ0) is 11.5. The number of hydrogen-bond acceptors (Lipinski definition) is 4. The molecule has 2 aromatic heterocycles. The molecular weight excluding hydrogens is 270 g/mol. The van der Waals surface area contributed by atoms with Crippen LogP contribution >= 0.6 is 15.9 Å². The highest BCUT2D eigenvalue weighted by Gasteiger charge is 2.05. The molecule has 0 aliphatic carbocycles. The molecule has 0 radical (unpaired) electrons. The summed E-state index contributed by atoms with van der Waals surface area (Å²) in [4.78, 5) is 8.34. The van der Waals surface area contributed by atoms with Crippen LogP contribution < -0.4 is 5.32 Å². The van der Waals surface area contributed by atoms with Crippen molar-refractivity contribution in [2.45, 2.75) is 20.4 Å². The highest BCUT2D eigenvalue weighted by molar-refractivity contribution is 9.10. The molecule has 0 fully saturated rings. The second kappa shape index (κ2) is 4.65. The number of halogens is 1. The normalized spacial score (nSPS) is 10.4. The maximum atomic E-state index is 5.36. The second-order valence-electron chi connectivity index (χ2n) is 3.51. The quantitative estimate of drug-likeness (QED) is 0.940. The van der Waals surface area contributed by atoms with E-state index >= 15 is 0 Å². The summed E-state index contributed by atoms with van der Waals surface area (Å²) >= 11 is 3.48. The molecule has 1 N–H and O–H groups in total. The largest absolute Gasteiger partial charge is 0.444 e. The SMILES string of the molecule is Cc1cnc(CNc2nccc(C)c2Br)o1. The number of oxazole rings is 1. The minimum atomic E-state index is 0.531. The summed E-state index contributed by atoms with van der Waals surface area (Å²) in [5.74, 6) is 2.27. The van der Waals surface area contributed by atoms with E-state index < -0.39 is 0 Å². The molecule has 0 aliphatic rings. The third kappa shape index (κ3) is 2.41. The third-order valence-corrected chi connectivity index (χ3v) is 3.16. The highest BCUT2D eigenvalue weighted by Crippen LogP contribution is 2.23. The average molecular weight is 282 g/mol. The van der Waals surface area contributed by atoms with Gasteiger partial charge in [-0.1, -0.05) is 0 Å². The summed E-state index contributed by atoms with van der Waals surface area (Å²) in [6, 6.07) is 1.95. The Morgan fingerprint density at radius 2 is 2.19 bits per heavy atom. The van der Waals surface area contributed by atoms with Gasteiger partial charge in [-0.3, -0.25) is 0 Å². The lowest BCUT2D eigenvalue weighted by Crippen LogP contribution is -2.02. The highest BCUT2D eigenvalue weighted by atomic mass is 79.9. The van der Waals surface area contributed by atoms with E-state index in [1.807, 2.05) is 19.9 Å². The Kier molecular flexibility index (Phi) is 3.24. The van der Waals surface area contributed by atoms with Gasteiger partial charge in [0.1, 0.15) is 11.6 Å². The average Bonchev–Trinajstić information content (AvgIpc) is 2.67. The molecule has 5 heteroatoms. The van der Waals surface area contributed by atoms with Gasteiger partial charge in [-0.25, -0.2) is 9.97 Å². The Morgan fingerprint density at radius 1 is 1.38 bits per heavy atom. The van der Waals surface area contributed by atoms with Crippen LogP contribution in [0.1, 0.15) is 17.2 Å². The van der Waals surface area contributed by atoms with Crippen molar-refractivity contribution in [1.29, 1.82) is 0 Å². The van der Waals surface area contributed by atoms with Gasteiger partial charge >= 0.3 is 0 Å². The molecule has 2 heterocycles. The Morgan fingerprint density at radius 3 is 2.88 bits per heavy atom. The number of nitrogens with one attached hydrogen (secondary N) is 1. The Bertz CT molecular complexity index is 496. The molecular formula is C11H12BrN3O. The maximum absolute atomic E-state index is 5.36. The van der Waals surface area contributed by atoms with Gasteiger partial charge in [-0.15, -0.1) is 0 Å². The number of hydrogen-bond donors (Lipinski definition) is 1. The summed E-state index contributed by atoms with van der Waals surface area (Å²) in [5, 5.41) is 3.17. The van der Waals surface area contributed by atoms with Crippen molar-refractivity contribution in [3.63, 3.8) is 0 Å². The van der Waals surface area contributed by atoms with Crippen molar-refractivity contribution in [3.8, 4) is 0 Å². The third-order valence-electron chi connectivity index (χ3n) is 2.16. The first-order chi connectivity index (χ1) is 7.66. The summed E-state index contributed by atoms with van der Waals surface area (Å²) in [6.45, 7) is 4.42. The zero-order valence-corrected chi connectivity index (χ0v) is 10.7. The molecule has 0 bridgehead atoms. The molecule has 16 heavy (non-hydrogen) atoms. The van der Waals surface area contributed by atoms with E-state index in [0.29, 0.717) is 12.4 Å². The monoisotopic (exact) mass is 281 g/mol. The van der Waals surface area contributed by atoms with Crippen LogP contribution in [0.2, 0.25) is 0 Å². The fourth-order valence-corrected chi connectivity index (χ4v) is 1.68. The second-order valence-corrected chi connectivity index (χ2v) is 4.30. The summed E-state index contributed by atoms with van der Waals surface area (Å²) < 4.78 is 6.33. The molecule has 2 aromatic rings. The fraction of sp³-hybridized carbons (Fsp3) is 0.273. The van der Waals surface area contributed by atoms with Gasteiger partial charge in [0.05, 0.1) is 17.2 Å². The topological polar surface area (TPSA) is 51.0 Å². The van der Waals surface area contributed by atoms with Crippen LogP contribution in [0.25, 0.3) is 0 Å². The predicted octanol–water partition coefficient (Wildman–Crippen LogP) is 3.06. The summed E-state index contributed by atoms with van der Waals surface area (Å²) in [6.07, 6.45) is 3.47. The van der Waals surface area contributed by atoms with Gasteiger partial charge in [-0.2, -0.15) is 0 Å². The van der Waals surface area contributed by atoms with Crippen molar-refractivity contribution >= 4 is 21.7 Å². The Labute approximate surface area is 102 Å². The van der Waals surface area contributed by atoms with E-state index in [-0.39, 0.29) is 0 Å². The van der Waals surface area contributed by atoms with E-state index in [1.54, 1.807) is 12.4 Å². The summed E-state index contributed by atoms with van der Waals surface area (Å²) in [5.41, 5.74) is 1.14. The van der Waals surface area contributed by atoms with E-state index in [9.17, 15) is 0 Å². The van der Waals surface area contributed by atoms with Crippen LogP contribution in [-0.2, 0) is 6.54 Å². The lowest BCUT2D eigenvalue weighted by molar-refractivity contribution is 0.479. The van der Waals surface area contributed by atoms with Gasteiger partial charge in [0.2, 0.25) is 5.89 Å². The molecule has 0 unspecified atom stereocenters. The van der Waals surface area contributed by atoms with E-state index in [1.165, 1.54) is 0 Å². The Hall–Kier alpha value is -1.36. The first-order valence-electron chi connectivity index (χ1n) is 4.93. The van der Waals surface area contributed by atoms with Crippen LogP contribution in [0.4, 0.5) is 5.82 Å². The van der Waals surface area contributed by atoms with Crippen molar-refractivity contribution in [2.24, 2.45) is 0 Å². The molecule has 84 valence electrons. The number of pyridine rings is 1. The molecule has 2 rings (SSSR count). The first-order valence-corrected chi connectivity index (χ1v) is 5.72. The Balaban J connectivity index is 2.07. The van der Waals surface area contributed by atoms with Crippen molar-refractivity contribution in [3.05, 3.63) is 40.1 Å². The van der Waals surface area contributed by atoms with E-state index in [4.69, 9.17) is 4.42 Å². The minimum Gasteiger partial charge on any atom is -0.444 e.